The number of nitrogens with zero attached hydrogens (tertiary/aromatic N) is 1. The molecule has 0 saturated heterocycles. The number of aromatic nitrogens is 1. The van der Waals surface area contributed by atoms with Gasteiger partial charge in [0.1, 0.15) is 11.5 Å². The lowest BCUT2D eigenvalue weighted by Crippen LogP contribution is -2.21. The second-order valence-corrected chi connectivity index (χ2v) is 5.46. The van der Waals surface area contributed by atoms with Crippen molar-refractivity contribution in [3.63, 3.8) is 0 Å². The summed E-state index contributed by atoms with van der Waals surface area (Å²) >= 11 is 1.73. The molecule has 0 fully saturated rings. The van der Waals surface area contributed by atoms with Gasteiger partial charge in [0, 0.05) is 25.9 Å². The van der Waals surface area contributed by atoms with Gasteiger partial charge < -0.3 is 19.0 Å². The molecular weight excluding hydrogens is 288 g/mol. The Balaban J connectivity index is 1.97. The van der Waals surface area contributed by atoms with Gasteiger partial charge in [0.25, 0.3) is 5.56 Å². The van der Waals surface area contributed by atoms with Crippen LogP contribution in [0.4, 0.5) is 5.69 Å². The highest BCUT2D eigenvalue weighted by Crippen LogP contribution is 2.14. The normalized spacial score (nSPS) is 10.8. The Kier molecular flexibility index (Phi) is 5.95. The lowest BCUT2D eigenvalue weighted by atomic mass is 10.3. The number of anilines is 1. The van der Waals surface area contributed by atoms with Gasteiger partial charge in [-0.2, -0.15) is 11.8 Å². The van der Waals surface area contributed by atoms with Crippen LogP contribution < -0.4 is 10.9 Å². The smallest absolute Gasteiger partial charge is 0.250 e. The number of methoxy groups -OCH3 is 1. The van der Waals surface area contributed by atoms with E-state index in [1.54, 1.807) is 41.8 Å². The van der Waals surface area contributed by atoms with Crippen LogP contribution in [0.15, 0.2) is 39.7 Å². The predicted molar refractivity (Wildman–Crippen MR) is 85.8 cm³/mol. The summed E-state index contributed by atoms with van der Waals surface area (Å²) in [4.78, 5) is 11.7. The van der Waals surface area contributed by atoms with Crippen molar-refractivity contribution < 1.29 is 9.15 Å². The maximum atomic E-state index is 11.7. The Morgan fingerprint density at radius 3 is 2.86 bits per heavy atom. The van der Waals surface area contributed by atoms with Crippen molar-refractivity contribution in [2.45, 2.75) is 18.8 Å². The second-order valence-electron chi connectivity index (χ2n) is 4.60. The van der Waals surface area contributed by atoms with Gasteiger partial charge in [-0.25, -0.2) is 0 Å². The van der Waals surface area contributed by atoms with Gasteiger partial charge in [-0.05, 0) is 24.5 Å². The van der Waals surface area contributed by atoms with Crippen LogP contribution >= 0.6 is 11.8 Å². The fraction of sp³-hybridized carbons (Fsp3) is 0.400. The fourth-order valence-corrected chi connectivity index (χ4v) is 2.37. The minimum Gasteiger partial charge on any atom is -0.463 e. The molecule has 2 aromatic rings. The third kappa shape index (κ3) is 4.68. The van der Waals surface area contributed by atoms with Crippen molar-refractivity contribution in [2.75, 3.05) is 25.3 Å². The molecule has 0 atom stereocenters. The molecule has 1 N–H and O–H groups in total. The number of thioether (sulfide) groups is 1. The molecule has 0 aromatic carbocycles. The van der Waals surface area contributed by atoms with Gasteiger partial charge in [-0.15, -0.1) is 0 Å². The first-order chi connectivity index (χ1) is 10.2. The van der Waals surface area contributed by atoms with Crippen LogP contribution in [0.5, 0.6) is 0 Å². The van der Waals surface area contributed by atoms with Gasteiger partial charge in [-0.3, -0.25) is 4.79 Å². The summed E-state index contributed by atoms with van der Waals surface area (Å²) in [5.74, 6) is 2.74. The van der Waals surface area contributed by atoms with E-state index in [4.69, 9.17) is 9.15 Å². The summed E-state index contributed by atoms with van der Waals surface area (Å²) in [6.07, 6.45) is 3.84. The molecule has 21 heavy (non-hydrogen) atoms. The van der Waals surface area contributed by atoms with Crippen molar-refractivity contribution in [1.29, 1.82) is 0 Å². The number of hydrogen-bond donors (Lipinski definition) is 1. The van der Waals surface area contributed by atoms with E-state index in [-0.39, 0.29) is 5.56 Å². The molecular formula is C15H20N2O3S. The van der Waals surface area contributed by atoms with Gasteiger partial charge in [0.05, 0.1) is 24.6 Å². The van der Waals surface area contributed by atoms with E-state index < -0.39 is 0 Å². The van der Waals surface area contributed by atoms with E-state index >= 15 is 0 Å². The molecule has 2 heterocycles. The molecule has 2 rings (SSSR count). The van der Waals surface area contributed by atoms with Crippen LogP contribution in [0.2, 0.25) is 0 Å². The van der Waals surface area contributed by atoms with E-state index in [2.05, 4.69) is 5.32 Å². The summed E-state index contributed by atoms with van der Waals surface area (Å²) in [7, 11) is 1.62. The third-order valence-corrected chi connectivity index (χ3v) is 3.56. The van der Waals surface area contributed by atoms with Gasteiger partial charge in [0.15, 0.2) is 0 Å². The van der Waals surface area contributed by atoms with Crippen LogP contribution in [-0.4, -0.2) is 24.5 Å². The summed E-state index contributed by atoms with van der Waals surface area (Å²) < 4.78 is 12.3. The molecule has 0 spiro atoms. The maximum absolute atomic E-state index is 11.7. The molecule has 0 bridgehead atoms. The molecule has 5 nitrogen and oxygen atoms in total. The molecule has 0 aliphatic carbocycles. The van der Waals surface area contributed by atoms with E-state index in [1.807, 2.05) is 18.4 Å². The highest BCUT2D eigenvalue weighted by molar-refractivity contribution is 7.97. The molecule has 0 amide bonds. The first-order valence-electron chi connectivity index (χ1n) is 6.72. The quantitative estimate of drug-likeness (QED) is 0.812. The van der Waals surface area contributed by atoms with E-state index in [0.29, 0.717) is 19.7 Å². The van der Waals surface area contributed by atoms with Gasteiger partial charge in [-0.1, -0.05) is 0 Å². The summed E-state index contributed by atoms with van der Waals surface area (Å²) in [5, 5.41) is 3.26. The first-order valence-corrected chi connectivity index (χ1v) is 8.12. The number of pyridine rings is 1. The molecule has 0 aliphatic heterocycles. The average molecular weight is 308 g/mol. The number of furan rings is 1. The molecule has 0 saturated carbocycles. The second kappa shape index (κ2) is 7.95. The summed E-state index contributed by atoms with van der Waals surface area (Å²) in [6, 6.07) is 7.29. The average Bonchev–Trinajstić information content (AvgIpc) is 2.93. The molecule has 0 unspecified atom stereocenters. The Morgan fingerprint density at radius 1 is 1.29 bits per heavy atom. The predicted octanol–water partition coefficient (Wildman–Crippen LogP) is 2.56. The number of hydrogen-bond acceptors (Lipinski definition) is 5. The molecule has 114 valence electrons. The third-order valence-electron chi connectivity index (χ3n) is 2.99. The lowest BCUT2D eigenvalue weighted by Gasteiger charge is -2.09. The van der Waals surface area contributed by atoms with E-state index in [9.17, 15) is 4.79 Å². The van der Waals surface area contributed by atoms with Crippen molar-refractivity contribution >= 4 is 17.4 Å². The largest absolute Gasteiger partial charge is 0.463 e. The molecule has 6 heteroatoms. The zero-order valence-electron chi connectivity index (χ0n) is 12.3. The Bertz CT molecular complexity index is 621. The Labute approximate surface area is 128 Å². The minimum atomic E-state index is -0.0298. The zero-order chi connectivity index (χ0) is 15.1. The number of rotatable bonds is 8. The standard InChI is InChI=1S/C15H20N2O3S/c1-19-8-7-17-10-12(3-6-15(17)18)16-9-13-4-5-14(20-13)11-21-2/h3-6,10,16H,7-9,11H2,1-2H3. The highest BCUT2D eigenvalue weighted by atomic mass is 32.2. The van der Waals surface area contributed by atoms with Crippen LogP contribution in [0.25, 0.3) is 0 Å². The van der Waals surface area contributed by atoms with Crippen LogP contribution in [0, 0.1) is 0 Å². The number of ether oxygens (including phenoxy) is 1. The molecule has 0 radical (unpaired) electrons. The fourth-order valence-electron chi connectivity index (χ4n) is 1.93. The molecule has 0 aliphatic rings. The maximum Gasteiger partial charge on any atom is 0.250 e. The lowest BCUT2D eigenvalue weighted by molar-refractivity contribution is 0.186. The van der Waals surface area contributed by atoms with E-state index in [0.717, 1.165) is 23.0 Å². The topological polar surface area (TPSA) is 56.4 Å². The van der Waals surface area contributed by atoms with E-state index in [1.165, 1.54) is 0 Å². The van der Waals surface area contributed by atoms with Gasteiger partial charge >= 0.3 is 0 Å². The monoisotopic (exact) mass is 308 g/mol. The highest BCUT2D eigenvalue weighted by Gasteiger charge is 2.03. The van der Waals surface area contributed by atoms with Crippen LogP contribution in [0.3, 0.4) is 0 Å². The SMILES string of the molecule is COCCn1cc(NCc2ccc(CSC)o2)ccc1=O. The van der Waals surface area contributed by atoms with Gasteiger partial charge in [0.2, 0.25) is 0 Å². The van der Waals surface area contributed by atoms with Crippen LogP contribution in [-0.2, 0) is 23.6 Å². The van der Waals surface area contributed by atoms with Crippen molar-refractivity contribution in [2.24, 2.45) is 0 Å². The Morgan fingerprint density at radius 2 is 2.10 bits per heavy atom. The first kappa shape index (κ1) is 15.7. The summed E-state index contributed by atoms with van der Waals surface area (Å²) in [5.41, 5.74) is 0.853. The summed E-state index contributed by atoms with van der Waals surface area (Å²) in [6.45, 7) is 1.65. The Hall–Kier alpha value is -1.66. The zero-order valence-corrected chi connectivity index (χ0v) is 13.1. The number of nitrogens with one attached hydrogen (secondary N) is 1. The molecule has 2 aromatic heterocycles. The minimum absolute atomic E-state index is 0.0298. The van der Waals surface area contributed by atoms with Crippen molar-refractivity contribution in [3.8, 4) is 0 Å². The van der Waals surface area contributed by atoms with Crippen molar-refractivity contribution in [1.82, 2.24) is 4.57 Å². The van der Waals surface area contributed by atoms with Crippen molar-refractivity contribution in [3.05, 3.63) is 52.3 Å². The van der Waals surface area contributed by atoms with Crippen LogP contribution in [0.1, 0.15) is 11.5 Å².